The Morgan fingerprint density at radius 2 is 1.68 bits per heavy atom. The largest absolute Gasteiger partial charge is 0.299 e. The molecular formula is C23H31NO. The highest BCUT2D eigenvalue weighted by atomic mass is 16.1. The summed E-state index contributed by atoms with van der Waals surface area (Å²) in [4.78, 5) is 15.8. The molecule has 134 valence electrons. The number of piperidine rings is 1. The van der Waals surface area contributed by atoms with Crippen LogP contribution in [0.2, 0.25) is 0 Å². The number of hydrogen-bond donors (Lipinski definition) is 0. The lowest BCUT2D eigenvalue weighted by atomic mass is 9.70. The monoisotopic (exact) mass is 337 g/mol. The Balaban J connectivity index is 1.15. The molecule has 5 aliphatic rings. The normalized spacial score (nSPS) is 37.7. The number of benzene rings is 1. The van der Waals surface area contributed by atoms with Gasteiger partial charge < -0.3 is 0 Å². The van der Waals surface area contributed by atoms with Crippen molar-refractivity contribution >= 4 is 5.78 Å². The van der Waals surface area contributed by atoms with Gasteiger partial charge in [0.15, 0.2) is 0 Å². The van der Waals surface area contributed by atoms with Crippen LogP contribution < -0.4 is 0 Å². The SMILES string of the molecule is O=C(CC1CCN(Cc2ccccc2)CC1)C12CC3CC(CC1C3)C2. The number of ketones is 1. The average Bonchev–Trinajstić information content (AvgIpc) is 3.03. The van der Waals surface area contributed by atoms with Gasteiger partial charge in [-0.05, 0) is 87.3 Å². The fourth-order valence-corrected chi connectivity index (χ4v) is 6.91. The van der Waals surface area contributed by atoms with Crippen molar-refractivity contribution in [3.05, 3.63) is 35.9 Å². The second-order valence-corrected chi connectivity index (χ2v) is 9.53. The van der Waals surface area contributed by atoms with E-state index in [-0.39, 0.29) is 5.41 Å². The van der Waals surface area contributed by atoms with E-state index in [4.69, 9.17) is 0 Å². The molecule has 1 aromatic rings. The lowest BCUT2D eigenvalue weighted by Gasteiger charge is -2.35. The highest BCUT2D eigenvalue weighted by Gasteiger charge is 2.60. The summed E-state index contributed by atoms with van der Waals surface area (Å²) < 4.78 is 0. The second kappa shape index (κ2) is 6.23. The first-order chi connectivity index (χ1) is 12.2. The smallest absolute Gasteiger partial charge is 0.139 e. The van der Waals surface area contributed by atoms with Crippen molar-refractivity contribution in [2.75, 3.05) is 13.1 Å². The first-order valence-corrected chi connectivity index (χ1v) is 10.5. The van der Waals surface area contributed by atoms with Crippen LogP contribution in [0.1, 0.15) is 56.9 Å². The van der Waals surface area contributed by atoms with Crippen LogP contribution in [-0.2, 0) is 11.3 Å². The first kappa shape index (κ1) is 16.1. The van der Waals surface area contributed by atoms with Gasteiger partial charge in [0, 0.05) is 18.4 Å². The van der Waals surface area contributed by atoms with Crippen molar-refractivity contribution in [1.29, 1.82) is 0 Å². The third kappa shape index (κ3) is 2.87. The van der Waals surface area contributed by atoms with Gasteiger partial charge in [-0.1, -0.05) is 30.3 Å². The number of likely N-dealkylation sites (tertiary alicyclic amines) is 1. The summed E-state index contributed by atoms with van der Waals surface area (Å²) in [6, 6.07) is 10.8. The molecule has 0 N–H and O–H groups in total. The maximum atomic E-state index is 13.2. The van der Waals surface area contributed by atoms with Gasteiger partial charge >= 0.3 is 0 Å². The van der Waals surface area contributed by atoms with E-state index in [0.717, 1.165) is 43.8 Å². The van der Waals surface area contributed by atoms with Crippen molar-refractivity contribution in [2.24, 2.45) is 29.1 Å². The van der Waals surface area contributed by atoms with Crippen LogP contribution in [-0.4, -0.2) is 23.8 Å². The van der Waals surface area contributed by atoms with E-state index in [1.807, 2.05) is 0 Å². The molecule has 2 nitrogen and oxygen atoms in total. The van der Waals surface area contributed by atoms with Gasteiger partial charge in [0.25, 0.3) is 0 Å². The molecule has 4 aliphatic carbocycles. The third-order valence-corrected chi connectivity index (χ3v) is 7.98. The molecule has 1 aromatic carbocycles. The van der Waals surface area contributed by atoms with E-state index in [0.29, 0.717) is 11.7 Å². The fraction of sp³-hybridized carbons (Fsp3) is 0.696. The minimum atomic E-state index is 0.148. The zero-order chi connectivity index (χ0) is 16.9. The van der Waals surface area contributed by atoms with Crippen molar-refractivity contribution in [2.45, 2.75) is 57.9 Å². The molecule has 1 heterocycles. The average molecular weight is 338 g/mol. The predicted molar refractivity (Wildman–Crippen MR) is 100 cm³/mol. The molecule has 5 fully saturated rings. The molecule has 0 radical (unpaired) electrons. The number of carbonyl (C=O) groups is 1. The predicted octanol–water partition coefficient (Wildman–Crippen LogP) is 4.68. The zero-order valence-corrected chi connectivity index (χ0v) is 15.3. The first-order valence-electron chi connectivity index (χ1n) is 10.5. The van der Waals surface area contributed by atoms with E-state index < -0.39 is 0 Å². The lowest BCUT2D eigenvalue weighted by Crippen LogP contribution is -2.37. The summed E-state index contributed by atoms with van der Waals surface area (Å²) in [6.07, 6.45) is 9.99. The van der Waals surface area contributed by atoms with E-state index in [1.165, 1.54) is 50.5 Å². The number of nitrogens with zero attached hydrogens (tertiary/aromatic N) is 1. The highest BCUT2D eigenvalue weighted by molar-refractivity contribution is 5.86. The third-order valence-electron chi connectivity index (χ3n) is 7.98. The van der Waals surface area contributed by atoms with E-state index in [2.05, 4.69) is 35.2 Å². The van der Waals surface area contributed by atoms with Gasteiger partial charge in [0.1, 0.15) is 5.78 Å². The molecule has 4 saturated carbocycles. The molecule has 25 heavy (non-hydrogen) atoms. The summed E-state index contributed by atoms with van der Waals surface area (Å²) in [5, 5.41) is 0. The van der Waals surface area contributed by atoms with Crippen LogP contribution in [0.5, 0.6) is 0 Å². The second-order valence-electron chi connectivity index (χ2n) is 9.53. The Hall–Kier alpha value is -1.15. The number of Topliss-reactive ketones (excluding diaryl/α,β-unsaturated/α-hetero) is 1. The van der Waals surface area contributed by atoms with Gasteiger partial charge in [-0.15, -0.1) is 0 Å². The van der Waals surface area contributed by atoms with Gasteiger partial charge in [-0.3, -0.25) is 9.69 Å². The van der Waals surface area contributed by atoms with Crippen LogP contribution in [0.15, 0.2) is 30.3 Å². The Kier molecular flexibility index (Phi) is 4.00. The number of carbonyl (C=O) groups excluding carboxylic acids is 1. The zero-order valence-electron chi connectivity index (χ0n) is 15.3. The quantitative estimate of drug-likeness (QED) is 0.777. The summed E-state index contributed by atoms with van der Waals surface area (Å²) in [7, 11) is 0. The molecule has 0 aromatic heterocycles. The maximum Gasteiger partial charge on any atom is 0.139 e. The Labute approximate surface area is 152 Å². The Morgan fingerprint density at radius 3 is 2.36 bits per heavy atom. The summed E-state index contributed by atoms with van der Waals surface area (Å²) in [5.41, 5.74) is 1.56. The summed E-state index contributed by atoms with van der Waals surface area (Å²) >= 11 is 0. The minimum absolute atomic E-state index is 0.148. The molecule has 4 bridgehead atoms. The van der Waals surface area contributed by atoms with E-state index >= 15 is 0 Å². The van der Waals surface area contributed by atoms with Gasteiger partial charge in [-0.2, -0.15) is 0 Å². The fourth-order valence-electron chi connectivity index (χ4n) is 6.91. The molecule has 0 amide bonds. The molecule has 0 spiro atoms. The molecule has 1 aliphatic heterocycles. The van der Waals surface area contributed by atoms with Crippen molar-refractivity contribution in [1.82, 2.24) is 4.90 Å². The van der Waals surface area contributed by atoms with Gasteiger partial charge in [0.2, 0.25) is 0 Å². The van der Waals surface area contributed by atoms with E-state index in [1.54, 1.807) is 0 Å². The van der Waals surface area contributed by atoms with E-state index in [9.17, 15) is 4.79 Å². The molecule has 2 heteroatoms. The maximum absolute atomic E-state index is 13.2. The molecule has 1 saturated heterocycles. The summed E-state index contributed by atoms with van der Waals surface area (Å²) in [5.74, 6) is 3.88. The highest BCUT2D eigenvalue weighted by Crippen LogP contribution is 2.66. The van der Waals surface area contributed by atoms with Crippen LogP contribution in [0.4, 0.5) is 0 Å². The number of rotatable bonds is 5. The standard InChI is InChI=1S/C23H31NO/c25-22(23-14-19-10-20(15-23)12-21(23)11-19)13-17-6-8-24(9-7-17)16-18-4-2-1-3-5-18/h1-5,17,19-21H,6-16H2. The Morgan fingerprint density at radius 1 is 1.00 bits per heavy atom. The van der Waals surface area contributed by atoms with Crippen LogP contribution >= 0.6 is 0 Å². The van der Waals surface area contributed by atoms with Crippen molar-refractivity contribution in [3.8, 4) is 0 Å². The molecule has 6 rings (SSSR count). The van der Waals surface area contributed by atoms with Gasteiger partial charge in [-0.25, -0.2) is 0 Å². The van der Waals surface area contributed by atoms with Crippen LogP contribution in [0, 0.1) is 29.1 Å². The minimum Gasteiger partial charge on any atom is -0.299 e. The molecular weight excluding hydrogens is 306 g/mol. The Bertz CT molecular complexity index is 617. The van der Waals surface area contributed by atoms with Crippen molar-refractivity contribution < 1.29 is 4.79 Å². The van der Waals surface area contributed by atoms with Crippen LogP contribution in [0.25, 0.3) is 0 Å². The molecule has 2 atom stereocenters. The van der Waals surface area contributed by atoms with Crippen LogP contribution in [0.3, 0.4) is 0 Å². The van der Waals surface area contributed by atoms with Gasteiger partial charge in [0.05, 0.1) is 0 Å². The molecule has 2 unspecified atom stereocenters. The number of hydrogen-bond acceptors (Lipinski definition) is 2. The topological polar surface area (TPSA) is 20.3 Å². The lowest BCUT2D eigenvalue weighted by molar-refractivity contribution is -0.131. The van der Waals surface area contributed by atoms with Crippen molar-refractivity contribution in [3.63, 3.8) is 0 Å². The summed E-state index contributed by atoms with van der Waals surface area (Å²) in [6.45, 7) is 3.39.